The Hall–Kier alpha value is -2.59. The van der Waals surface area contributed by atoms with Gasteiger partial charge in [0.25, 0.3) is 0 Å². The van der Waals surface area contributed by atoms with Gasteiger partial charge in [0.15, 0.2) is 5.76 Å². The maximum atomic E-state index is 14.5. The second-order valence-corrected chi connectivity index (χ2v) is 17.1. The third kappa shape index (κ3) is 5.35. The van der Waals surface area contributed by atoms with E-state index >= 15 is 0 Å². The minimum absolute atomic E-state index is 0.0471. The molecule has 1 unspecified atom stereocenters. The topological polar surface area (TPSA) is 113 Å². The summed E-state index contributed by atoms with van der Waals surface area (Å²) in [6, 6.07) is 13.5. The third-order valence-corrected chi connectivity index (χ3v) is 14.6. The lowest BCUT2D eigenvalue weighted by molar-refractivity contribution is -0.178. The third-order valence-electron chi connectivity index (χ3n) is 14.6. The zero-order valence-electron chi connectivity index (χ0n) is 29.8. The van der Waals surface area contributed by atoms with E-state index in [4.69, 9.17) is 13.9 Å². The fourth-order valence-electron chi connectivity index (χ4n) is 12.0. The number of Topliss-reactive ketones (excluding diaryl/α,β-unsaturated/α-hetero) is 1. The van der Waals surface area contributed by atoms with Crippen LogP contribution in [0.25, 0.3) is 0 Å². The van der Waals surface area contributed by atoms with E-state index in [1.165, 1.54) is 0 Å². The molecule has 4 fully saturated rings. The van der Waals surface area contributed by atoms with E-state index < -0.39 is 28.6 Å². The second kappa shape index (κ2) is 12.8. The largest absolute Gasteiger partial charge is 0.461 e. The van der Waals surface area contributed by atoms with E-state index in [0.29, 0.717) is 44.8 Å². The van der Waals surface area contributed by atoms with Gasteiger partial charge >= 0.3 is 0 Å². The maximum absolute atomic E-state index is 14.5. The highest BCUT2D eigenvalue weighted by molar-refractivity contribution is 6.08. The van der Waals surface area contributed by atoms with Crippen LogP contribution in [0.1, 0.15) is 87.8 Å². The second-order valence-electron chi connectivity index (χ2n) is 17.1. The molecule has 2 spiro atoms. The number of carbonyl (C=O) groups is 1. The van der Waals surface area contributed by atoms with Gasteiger partial charge in [-0.1, -0.05) is 62.4 Å². The summed E-state index contributed by atoms with van der Waals surface area (Å²) in [5, 5.41) is 35.2. The molecule has 2 aromatic rings. The number of allylic oxidation sites excluding steroid dienone is 4. The average molecular weight is 686 g/mol. The number of nitrogens with zero attached hydrogens (tertiary/aromatic N) is 1. The average Bonchev–Trinajstić information content (AvgIpc) is 3.87. The van der Waals surface area contributed by atoms with Gasteiger partial charge in [0.05, 0.1) is 43.4 Å². The first-order valence-corrected chi connectivity index (χ1v) is 19.1. The van der Waals surface area contributed by atoms with Crippen LogP contribution in [0.3, 0.4) is 0 Å². The van der Waals surface area contributed by atoms with E-state index in [2.05, 4.69) is 37.0 Å². The Morgan fingerprint density at radius 3 is 2.54 bits per heavy atom. The highest BCUT2D eigenvalue weighted by Crippen LogP contribution is 2.78. The molecule has 1 aliphatic heterocycles. The number of aliphatic hydroxyl groups excluding tert-OH is 2. The highest BCUT2D eigenvalue weighted by Gasteiger charge is 2.74. The summed E-state index contributed by atoms with van der Waals surface area (Å²) >= 11 is 0. The Kier molecular flexibility index (Phi) is 8.84. The van der Waals surface area contributed by atoms with Crippen molar-refractivity contribution < 1.29 is 34.0 Å². The minimum Gasteiger partial charge on any atom is -0.461 e. The molecule has 1 aromatic heterocycles. The number of carbonyl (C=O) groups excluding carboxylic acids is 1. The van der Waals surface area contributed by atoms with Crippen molar-refractivity contribution >= 4 is 5.78 Å². The Morgan fingerprint density at radius 1 is 1.00 bits per heavy atom. The van der Waals surface area contributed by atoms with Crippen LogP contribution in [0.4, 0.5) is 0 Å². The summed E-state index contributed by atoms with van der Waals surface area (Å²) < 4.78 is 17.7. The van der Waals surface area contributed by atoms with Crippen LogP contribution in [-0.2, 0) is 16.1 Å². The van der Waals surface area contributed by atoms with Crippen molar-refractivity contribution in [3.05, 3.63) is 83.9 Å². The first kappa shape index (κ1) is 34.5. The highest BCUT2D eigenvalue weighted by atomic mass is 16.5. The molecule has 3 N–H and O–H groups in total. The number of hydrogen-bond acceptors (Lipinski definition) is 8. The molecule has 8 nitrogen and oxygen atoms in total. The minimum atomic E-state index is -1.02. The maximum Gasteiger partial charge on any atom is 0.224 e. The Bertz CT molecular complexity index is 1600. The Labute approximate surface area is 296 Å². The van der Waals surface area contributed by atoms with Crippen molar-refractivity contribution in [1.82, 2.24) is 4.90 Å². The number of furan rings is 1. The lowest BCUT2D eigenvalue weighted by Crippen LogP contribution is -2.67. The van der Waals surface area contributed by atoms with Crippen molar-refractivity contribution in [1.29, 1.82) is 0 Å². The lowest BCUT2D eigenvalue weighted by atomic mass is 9.32. The monoisotopic (exact) mass is 685 g/mol. The van der Waals surface area contributed by atoms with E-state index in [-0.39, 0.29) is 41.2 Å². The van der Waals surface area contributed by atoms with Crippen molar-refractivity contribution in [3.8, 4) is 0 Å². The summed E-state index contributed by atoms with van der Waals surface area (Å²) in [6.45, 7) is 7.54. The van der Waals surface area contributed by atoms with Gasteiger partial charge in [-0.05, 0) is 92.7 Å². The fourth-order valence-corrected chi connectivity index (χ4v) is 12.0. The number of rotatable bonds is 12. The van der Waals surface area contributed by atoms with Gasteiger partial charge in [0.2, 0.25) is 5.78 Å². The molecule has 3 saturated carbocycles. The van der Waals surface area contributed by atoms with Crippen molar-refractivity contribution in [2.45, 2.75) is 102 Å². The van der Waals surface area contributed by atoms with Crippen LogP contribution in [0.2, 0.25) is 0 Å². The molecule has 0 radical (unpaired) electrons. The predicted molar refractivity (Wildman–Crippen MR) is 189 cm³/mol. The fraction of sp³-hybridized carbons (Fsp3) is 0.643. The molecule has 2 heterocycles. The van der Waals surface area contributed by atoms with Crippen LogP contribution in [-0.4, -0.2) is 82.8 Å². The van der Waals surface area contributed by atoms with Crippen LogP contribution in [0, 0.1) is 33.5 Å². The molecule has 1 saturated heterocycles. The first-order chi connectivity index (χ1) is 24.0. The Balaban J connectivity index is 1.09. The quantitative estimate of drug-likeness (QED) is 0.181. The molecule has 7 aliphatic rings. The summed E-state index contributed by atoms with van der Waals surface area (Å²) in [5.41, 5.74) is -0.637. The van der Waals surface area contributed by atoms with Gasteiger partial charge < -0.3 is 29.2 Å². The Morgan fingerprint density at radius 2 is 1.78 bits per heavy atom. The predicted octanol–water partition coefficient (Wildman–Crippen LogP) is 6.11. The molecule has 10 atom stereocenters. The molecule has 9 rings (SSSR count). The molecule has 1 aromatic carbocycles. The molecule has 2 bridgehead atoms. The number of fused-ring (bicyclic) bond motifs is 1. The summed E-state index contributed by atoms with van der Waals surface area (Å²) in [6.07, 6.45) is 15.0. The van der Waals surface area contributed by atoms with Gasteiger partial charge in [-0.2, -0.15) is 0 Å². The zero-order valence-corrected chi connectivity index (χ0v) is 29.8. The molecule has 6 aliphatic carbocycles. The first-order valence-electron chi connectivity index (χ1n) is 19.1. The van der Waals surface area contributed by atoms with Crippen molar-refractivity contribution in [2.75, 3.05) is 32.8 Å². The lowest BCUT2D eigenvalue weighted by Gasteiger charge is -2.71. The van der Waals surface area contributed by atoms with Crippen molar-refractivity contribution in [3.63, 3.8) is 0 Å². The smallest absolute Gasteiger partial charge is 0.224 e. The number of hydrogen-bond donors (Lipinski definition) is 3. The summed E-state index contributed by atoms with van der Waals surface area (Å²) in [5.74, 6) is 0.556. The van der Waals surface area contributed by atoms with E-state index in [9.17, 15) is 20.1 Å². The summed E-state index contributed by atoms with van der Waals surface area (Å²) in [7, 11) is 0. The standard InChI is InChI=1S/C42H55NO7/c1-38-15-12-30(44)22-40(38)18-19-42(33(23-40)37(46)34-11-7-21-50-34)35(38)13-16-39(2)36(42)14-17-41(39,47)28-43(25-32-10-6-20-49-32)24-31(45)27-48-26-29-8-4-3-5-9-29/h3-5,7-9,11,18-19,21,23,30-32,35-36,44-45,47H,6,10,12-17,20,22,24-28H2,1-2H3/t30?,31-,32-,35-,36-,38-,39+,40+,41-,42-/m1/s1. The van der Waals surface area contributed by atoms with Gasteiger partial charge in [0.1, 0.15) is 0 Å². The zero-order chi connectivity index (χ0) is 34.8. The summed E-state index contributed by atoms with van der Waals surface area (Å²) in [4.78, 5) is 16.7. The van der Waals surface area contributed by atoms with Gasteiger partial charge in [-0.15, -0.1) is 0 Å². The van der Waals surface area contributed by atoms with Crippen LogP contribution >= 0.6 is 0 Å². The van der Waals surface area contributed by atoms with Crippen molar-refractivity contribution in [2.24, 2.45) is 33.5 Å². The van der Waals surface area contributed by atoms with Crippen LogP contribution in [0.15, 0.2) is 76.9 Å². The van der Waals surface area contributed by atoms with E-state index in [1.807, 2.05) is 30.3 Å². The molecular formula is C42H55NO7. The van der Waals surface area contributed by atoms with E-state index in [0.717, 1.165) is 62.7 Å². The number of aliphatic hydroxyl groups is 3. The SMILES string of the molecule is C[C@]12CC[C@H]3[C@]4(C=C[C@@]5(C=C4C(=O)c4ccco4)CC(O)CC[C@]35C)[C@@H]1CC[C@@]2(O)CN(C[C@@H](O)COCc1ccccc1)C[C@H]1CCCO1. The van der Waals surface area contributed by atoms with Crippen LogP contribution < -0.4 is 0 Å². The van der Waals surface area contributed by atoms with Gasteiger partial charge in [-0.3, -0.25) is 9.69 Å². The molecular weight excluding hydrogens is 630 g/mol. The molecule has 50 heavy (non-hydrogen) atoms. The van der Waals surface area contributed by atoms with E-state index in [1.54, 1.807) is 18.4 Å². The normalized spacial score (nSPS) is 40.7. The van der Waals surface area contributed by atoms with Gasteiger partial charge in [0, 0.05) is 48.1 Å². The molecule has 8 heteroatoms. The van der Waals surface area contributed by atoms with Crippen LogP contribution in [0.5, 0.6) is 0 Å². The van der Waals surface area contributed by atoms with Gasteiger partial charge in [-0.25, -0.2) is 0 Å². The number of ether oxygens (including phenoxy) is 2. The number of ketones is 1. The number of benzene rings is 1. The molecule has 270 valence electrons. The molecule has 0 amide bonds.